The second kappa shape index (κ2) is 6.28. The highest BCUT2D eigenvalue weighted by molar-refractivity contribution is 5.65. The summed E-state index contributed by atoms with van der Waals surface area (Å²) in [5.74, 6) is 0. The van der Waals surface area contributed by atoms with E-state index >= 15 is 0 Å². The lowest BCUT2D eigenvalue weighted by Crippen LogP contribution is -2.35. The number of nitriles is 1. The van der Waals surface area contributed by atoms with Gasteiger partial charge in [-0.15, -0.1) is 0 Å². The summed E-state index contributed by atoms with van der Waals surface area (Å²) in [6.07, 6.45) is 0.0957. The van der Waals surface area contributed by atoms with Crippen molar-refractivity contribution >= 4 is 12.4 Å². The SMILES string of the molecule is N#Cc1ccc(C[C@H](CC=O)NC(=O)O)cc1. The average Bonchev–Trinajstić information content (AvgIpc) is 2.29. The number of benzene rings is 1. The van der Waals surface area contributed by atoms with Gasteiger partial charge in [-0.3, -0.25) is 0 Å². The van der Waals surface area contributed by atoms with E-state index in [0.29, 0.717) is 18.3 Å². The van der Waals surface area contributed by atoms with Crippen molar-refractivity contribution in [1.29, 1.82) is 5.26 Å². The van der Waals surface area contributed by atoms with Crippen molar-refractivity contribution in [2.24, 2.45) is 0 Å². The van der Waals surface area contributed by atoms with Crippen LogP contribution >= 0.6 is 0 Å². The van der Waals surface area contributed by atoms with E-state index in [4.69, 9.17) is 10.4 Å². The van der Waals surface area contributed by atoms with Gasteiger partial charge in [0.1, 0.15) is 6.29 Å². The lowest BCUT2D eigenvalue weighted by molar-refractivity contribution is -0.108. The van der Waals surface area contributed by atoms with Crippen LogP contribution in [0.2, 0.25) is 0 Å². The standard InChI is InChI=1S/C12H12N2O3/c13-8-10-3-1-9(2-4-10)7-11(5-6-15)14-12(16)17/h1-4,6,11,14H,5,7H2,(H,16,17)/t11-/m0/s1. The molecule has 17 heavy (non-hydrogen) atoms. The van der Waals surface area contributed by atoms with Gasteiger partial charge in [-0.2, -0.15) is 5.26 Å². The van der Waals surface area contributed by atoms with Crippen LogP contribution in [0.1, 0.15) is 17.5 Å². The molecule has 2 N–H and O–H groups in total. The zero-order valence-electron chi connectivity index (χ0n) is 9.09. The Kier molecular flexibility index (Phi) is 4.70. The average molecular weight is 232 g/mol. The molecule has 0 aliphatic heterocycles. The predicted molar refractivity (Wildman–Crippen MR) is 60.5 cm³/mol. The molecule has 1 aromatic rings. The fraction of sp³-hybridized carbons (Fsp3) is 0.250. The molecule has 1 rings (SSSR count). The summed E-state index contributed by atoms with van der Waals surface area (Å²) in [6, 6.07) is 8.39. The highest BCUT2D eigenvalue weighted by atomic mass is 16.4. The normalized spacial score (nSPS) is 11.2. The smallest absolute Gasteiger partial charge is 0.404 e. The molecule has 0 aliphatic rings. The molecule has 0 saturated heterocycles. The number of carbonyl (C=O) groups excluding carboxylic acids is 1. The van der Waals surface area contributed by atoms with E-state index in [1.807, 2.05) is 6.07 Å². The molecule has 0 fully saturated rings. The predicted octanol–water partition coefficient (Wildman–Crippen LogP) is 1.33. The molecule has 0 saturated carbocycles. The summed E-state index contributed by atoms with van der Waals surface area (Å²) in [6.45, 7) is 0. The molecular weight excluding hydrogens is 220 g/mol. The number of carbonyl (C=O) groups is 2. The van der Waals surface area contributed by atoms with Crippen LogP contribution in [0, 0.1) is 11.3 Å². The minimum absolute atomic E-state index is 0.131. The summed E-state index contributed by atoms with van der Waals surface area (Å²) < 4.78 is 0. The van der Waals surface area contributed by atoms with Crippen molar-refractivity contribution < 1.29 is 14.7 Å². The zero-order chi connectivity index (χ0) is 12.7. The van der Waals surface area contributed by atoms with Crippen LogP contribution in [-0.4, -0.2) is 23.5 Å². The first-order valence-electron chi connectivity index (χ1n) is 5.08. The summed E-state index contributed by atoms with van der Waals surface area (Å²) in [5, 5.41) is 19.5. The molecule has 0 aliphatic carbocycles. The van der Waals surface area contributed by atoms with Crippen LogP contribution < -0.4 is 5.32 Å². The van der Waals surface area contributed by atoms with Gasteiger partial charge in [-0.05, 0) is 24.1 Å². The first kappa shape index (κ1) is 12.7. The van der Waals surface area contributed by atoms with Crippen LogP contribution in [0.3, 0.4) is 0 Å². The van der Waals surface area contributed by atoms with Crippen molar-refractivity contribution in [3.63, 3.8) is 0 Å². The summed E-state index contributed by atoms with van der Waals surface area (Å²) in [7, 11) is 0. The lowest BCUT2D eigenvalue weighted by atomic mass is 10.0. The Bertz CT molecular complexity index is 434. The number of nitrogens with one attached hydrogen (secondary N) is 1. The number of amides is 1. The van der Waals surface area contributed by atoms with E-state index in [2.05, 4.69) is 5.32 Å². The maximum atomic E-state index is 10.5. The number of hydrogen-bond acceptors (Lipinski definition) is 3. The van der Waals surface area contributed by atoms with Gasteiger partial charge in [0.05, 0.1) is 11.6 Å². The molecule has 0 unspecified atom stereocenters. The van der Waals surface area contributed by atoms with Gasteiger partial charge in [-0.25, -0.2) is 4.79 Å². The third-order valence-corrected chi connectivity index (χ3v) is 2.27. The number of hydrogen-bond donors (Lipinski definition) is 2. The lowest BCUT2D eigenvalue weighted by Gasteiger charge is -2.13. The van der Waals surface area contributed by atoms with E-state index in [1.165, 1.54) is 0 Å². The highest BCUT2D eigenvalue weighted by Crippen LogP contribution is 2.07. The fourth-order valence-electron chi connectivity index (χ4n) is 1.48. The molecule has 1 amide bonds. The van der Waals surface area contributed by atoms with Crippen LogP contribution in [0.15, 0.2) is 24.3 Å². The minimum Gasteiger partial charge on any atom is -0.465 e. The van der Waals surface area contributed by atoms with Crippen molar-refractivity contribution in [3.8, 4) is 6.07 Å². The summed E-state index contributed by atoms with van der Waals surface area (Å²) >= 11 is 0. The topological polar surface area (TPSA) is 90.2 Å². The molecule has 0 radical (unpaired) electrons. The van der Waals surface area contributed by atoms with Gasteiger partial charge in [0, 0.05) is 12.5 Å². The van der Waals surface area contributed by atoms with Crippen LogP contribution in [-0.2, 0) is 11.2 Å². The Balaban J connectivity index is 2.68. The number of rotatable bonds is 5. The van der Waals surface area contributed by atoms with Gasteiger partial charge in [0.15, 0.2) is 0 Å². The second-order valence-corrected chi connectivity index (χ2v) is 3.56. The van der Waals surface area contributed by atoms with Crippen molar-refractivity contribution in [1.82, 2.24) is 5.32 Å². The van der Waals surface area contributed by atoms with Crippen molar-refractivity contribution in [3.05, 3.63) is 35.4 Å². The summed E-state index contributed by atoms with van der Waals surface area (Å²) in [4.78, 5) is 20.9. The van der Waals surface area contributed by atoms with E-state index in [1.54, 1.807) is 24.3 Å². The molecule has 0 aromatic heterocycles. The molecule has 5 nitrogen and oxygen atoms in total. The fourth-order valence-corrected chi connectivity index (χ4v) is 1.48. The summed E-state index contributed by atoms with van der Waals surface area (Å²) in [5.41, 5.74) is 1.43. The van der Waals surface area contributed by atoms with Gasteiger partial charge in [-0.1, -0.05) is 12.1 Å². The molecule has 0 spiro atoms. The number of nitrogens with zero attached hydrogens (tertiary/aromatic N) is 1. The Morgan fingerprint density at radius 1 is 1.47 bits per heavy atom. The van der Waals surface area contributed by atoms with Gasteiger partial charge in [0.2, 0.25) is 0 Å². The molecular formula is C12H12N2O3. The third kappa shape index (κ3) is 4.34. The van der Waals surface area contributed by atoms with E-state index < -0.39 is 12.1 Å². The monoisotopic (exact) mass is 232 g/mol. The quantitative estimate of drug-likeness (QED) is 0.749. The van der Waals surface area contributed by atoms with E-state index in [9.17, 15) is 9.59 Å². The zero-order valence-corrected chi connectivity index (χ0v) is 9.09. The van der Waals surface area contributed by atoms with Crippen LogP contribution in [0.5, 0.6) is 0 Å². The first-order chi connectivity index (χ1) is 8.15. The number of carboxylic acid groups (broad SMARTS) is 1. The van der Waals surface area contributed by atoms with E-state index in [0.717, 1.165) is 5.56 Å². The molecule has 0 bridgehead atoms. The Labute approximate surface area is 98.7 Å². The van der Waals surface area contributed by atoms with Gasteiger partial charge in [0.25, 0.3) is 0 Å². The van der Waals surface area contributed by atoms with Crippen LogP contribution in [0.4, 0.5) is 4.79 Å². The number of aldehydes is 1. The molecule has 0 heterocycles. The largest absolute Gasteiger partial charge is 0.465 e. The molecule has 88 valence electrons. The van der Waals surface area contributed by atoms with Crippen LogP contribution in [0.25, 0.3) is 0 Å². The molecule has 1 atom stereocenters. The second-order valence-electron chi connectivity index (χ2n) is 3.56. The maximum absolute atomic E-state index is 10.5. The Hall–Kier alpha value is -2.35. The Morgan fingerprint density at radius 2 is 2.12 bits per heavy atom. The van der Waals surface area contributed by atoms with Crippen molar-refractivity contribution in [2.45, 2.75) is 18.9 Å². The van der Waals surface area contributed by atoms with Gasteiger partial charge >= 0.3 is 6.09 Å². The third-order valence-electron chi connectivity index (χ3n) is 2.27. The van der Waals surface area contributed by atoms with E-state index in [-0.39, 0.29) is 6.42 Å². The van der Waals surface area contributed by atoms with Crippen molar-refractivity contribution in [2.75, 3.05) is 0 Å². The minimum atomic E-state index is -1.15. The highest BCUT2D eigenvalue weighted by Gasteiger charge is 2.11. The Morgan fingerprint density at radius 3 is 2.59 bits per heavy atom. The van der Waals surface area contributed by atoms with Gasteiger partial charge < -0.3 is 15.2 Å². The first-order valence-corrected chi connectivity index (χ1v) is 5.08. The maximum Gasteiger partial charge on any atom is 0.404 e. The molecule has 5 heteroatoms. The molecule has 1 aromatic carbocycles.